The molecule has 1 fully saturated rings. The number of aromatic nitrogens is 3. The third-order valence-electron chi connectivity index (χ3n) is 4.81. The first-order valence-electron chi connectivity index (χ1n) is 8.77. The summed E-state index contributed by atoms with van der Waals surface area (Å²) in [5.74, 6) is 2.47. The lowest BCUT2D eigenvalue weighted by atomic mass is 9.91. The number of anilines is 1. The summed E-state index contributed by atoms with van der Waals surface area (Å²) in [6.45, 7) is 4.23. The highest BCUT2D eigenvalue weighted by Gasteiger charge is 2.26. The fourth-order valence-corrected chi connectivity index (χ4v) is 3.71. The number of nitrogens with zero attached hydrogens (tertiary/aromatic N) is 4. The number of para-hydroxylation sites is 1. The van der Waals surface area contributed by atoms with Crippen molar-refractivity contribution in [3.63, 3.8) is 0 Å². The Labute approximate surface area is 147 Å². The molecule has 25 heavy (non-hydrogen) atoms. The maximum absolute atomic E-state index is 9.65. The second kappa shape index (κ2) is 6.76. The zero-order valence-corrected chi connectivity index (χ0v) is 14.3. The van der Waals surface area contributed by atoms with Crippen LogP contribution < -0.4 is 4.90 Å². The molecule has 3 aromatic rings. The Morgan fingerprint density at radius 1 is 1.12 bits per heavy atom. The molecule has 1 N–H and O–H groups in total. The van der Waals surface area contributed by atoms with Gasteiger partial charge >= 0.3 is 0 Å². The number of fused-ring (bicyclic) bond motifs is 1. The van der Waals surface area contributed by atoms with Crippen molar-refractivity contribution < 1.29 is 5.11 Å². The standard InChI is InChI=1S/C20H22N4O/c1-14-9-15(13-25)12-24(11-14)20-17-6-2-3-7-18(17)22-19(23-20)16-5-4-8-21-10-16/h2-8,10,14-15,25H,9,11-13H2,1H3. The van der Waals surface area contributed by atoms with Gasteiger partial charge in [0.2, 0.25) is 0 Å². The monoisotopic (exact) mass is 334 g/mol. The van der Waals surface area contributed by atoms with Crippen LogP contribution in [0, 0.1) is 11.8 Å². The van der Waals surface area contributed by atoms with Crippen LogP contribution in [0.5, 0.6) is 0 Å². The van der Waals surface area contributed by atoms with Gasteiger partial charge in [0.1, 0.15) is 5.82 Å². The molecule has 1 aliphatic rings. The zero-order chi connectivity index (χ0) is 17.2. The molecule has 1 saturated heterocycles. The number of rotatable bonds is 3. The van der Waals surface area contributed by atoms with Crippen molar-refractivity contribution in [2.75, 3.05) is 24.6 Å². The van der Waals surface area contributed by atoms with E-state index in [-0.39, 0.29) is 6.61 Å². The predicted octanol–water partition coefficient (Wildman–Crippen LogP) is 3.15. The van der Waals surface area contributed by atoms with E-state index in [0.717, 1.165) is 41.8 Å². The fourth-order valence-electron chi connectivity index (χ4n) is 3.71. The average Bonchev–Trinajstić information content (AvgIpc) is 2.67. The second-order valence-electron chi connectivity index (χ2n) is 6.92. The number of pyridine rings is 1. The lowest BCUT2D eigenvalue weighted by Gasteiger charge is -2.37. The maximum Gasteiger partial charge on any atom is 0.163 e. The summed E-state index contributed by atoms with van der Waals surface area (Å²) in [5, 5.41) is 10.7. The number of aliphatic hydroxyl groups excluding tert-OH is 1. The first kappa shape index (κ1) is 16.0. The lowest BCUT2D eigenvalue weighted by Crippen LogP contribution is -2.41. The third kappa shape index (κ3) is 3.20. The van der Waals surface area contributed by atoms with Gasteiger partial charge in [0.15, 0.2) is 5.82 Å². The molecule has 1 aromatic carbocycles. The van der Waals surface area contributed by atoms with Crippen LogP contribution in [0.1, 0.15) is 13.3 Å². The van der Waals surface area contributed by atoms with E-state index >= 15 is 0 Å². The van der Waals surface area contributed by atoms with E-state index in [2.05, 4.69) is 22.9 Å². The fraction of sp³-hybridized carbons (Fsp3) is 0.350. The minimum absolute atomic E-state index is 0.222. The van der Waals surface area contributed by atoms with Gasteiger partial charge in [0.25, 0.3) is 0 Å². The quantitative estimate of drug-likeness (QED) is 0.797. The molecule has 0 radical (unpaired) electrons. The number of hydrogen-bond donors (Lipinski definition) is 1. The molecule has 5 heteroatoms. The molecule has 1 aliphatic heterocycles. The highest BCUT2D eigenvalue weighted by atomic mass is 16.3. The molecule has 0 aliphatic carbocycles. The Kier molecular flexibility index (Phi) is 4.32. The minimum Gasteiger partial charge on any atom is -0.396 e. The van der Waals surface area contributed by atoms with Gasteiger partial charge in [-0.2, -0.15) is 0 Å². The van der Waals surface area contributed by atoms with Gasteiger partial charge in [-0.05, 0) is 42.5 Å². The molecule has 2 aromatic heterocycles. The molecule has 2 unspecified atom stereocenters. The highest BCUT2D eigenvalue weighted by molar-refractivity contribution is 5.91. The van der Waals surface area contributed by atoms with E-state index in [1.807, 2.05) is 30.3 Å². The molecule has 2 atom stereocenters. The van der Waals surface area contributed by atoms with Crippen molar-refractivity contribution in [3.05, 3.63) is 48.8 Å². The van der Waals surface area contributed by atoms with Crippen molar-refractivity contribution in [1.29, 1.82) is 0 Å². The number of hydrogen-bond acceptors (Lipinski definition) is 5. The predicted molar refractivity (Wildman–Crippen MR) is 99.3 cm³/mol. The first-order chi connectivity index (χ1) is 12.2. The summed E-state index contributed by atoms with van der Waals surface area (Å²) in [5.41, 5.74) is 1.85. The van der Waals surface area contributed by atoms with Crippen molar-refractivity contribution >= 4 is 16.7 Å². The molecule has 4 rings (SSSR count). The summed E-state index contributed by atoms with van der Waals surface area (Å²) in [4.78, 5) is 16.1. The summed E-state index contributed by atoms with van der Waals surface area (Å²) < 4.78 is 0. The number of aliphatic hydroxyl groups is 1. The van der Waals surface area contributed by atoms with Crippen LogP contribution in [0.25, 0.3) is 22.3 Å². The normalized spacial score (nSPS) is 20.8. The van der Waals surface area contributed by atoms with Crippen LogP contribution in [-0.4, -0.2) is 39.8 Å². The Morgan fingerprint density at radius 2 is 2.00 bits per heavy atom. The van der Waals surface area contributed by atoms with Crippen molar-refractivity contribution in [1.82, 2.24) is 15.0 Å². The van der Waals surface area contributed by atoms with E-state index in [4.69, 9.17) is 9.97 Å². The van der Waals surface area contributed by atoms with Crippen LogP contribution in [0.2, 0.25) is 0 Å². The SMILES string of the molecule is CC1CC(CO)CN(c2nc(-c3cccnc3)nc3ccccc23)C1. The molecular weight excluding hydrogens is 312 g/mol. The topological polar surface area (TPSA) is 62.1 Å². The number of piperidine rings is 1. The van der Waals surface area contributed by atoms with Gasteiger partial charge in [-0.25, -0.2) is 9.97 Å². The van der Waals surface area contributed by atoms with E-state index in [1.54, 1.807) is 12.4 Å². The van der Waals surface area contributed by atoms with Gasteiger partial charge in [0, 0.05) is 43.0 Å². The van der Waals surface area contributed by atoms with Gasteiger partial charge in [-0.3, -0.25) is 4.98 Å². The smallest absolute Gasteiger partial charge is 0.163 e. The Bertz CT molecular complexity index is 868. The van der Waals surface area contributed by atoms with Crippen LogP contribution in [0.3, 0.4) is 0 Å². The van der Waals surface area contributed by atoms with E-state index in [1.165, 1.54) is 0 Å². The highest BCUT2D eigenvalue weighted by Crippen LogP contribution is 2.31. The average molecular weight is 334 g/mol. The maximum atomic E-state index is 9.65. The van der Waals surface area contributed by atoms with Gasteiger partial charge < -0.3 is 10.0 Å². The molecular formula is C20H22N4O. The Morgan fingerprint density at radius 3 is 2.80 bits per heavy atom. The van der Waals surface area contributed by atoms with Gasteiger partial charge in [-0.15, -0.1) is 0 Å². The molecule has 128 valence electrons. The Balaban J connectivity index is 1.84. The Hall–Kier alpha value is -2.53. The molecule has 3 heterocycles. The molecule has 5 nitrogen and oxygen atoms in total. The first-order valence-corrected chi connectivity index (χ1v) is 8.77. The number of benzene rings is 1. The molecule has 0 spiro atoms. The van der Waals surface area contributed by atoms with E-state index in [0.29, 0.717) is 17.7 Å². The van der Waals surface area contributed by atoms with Gasteiger partial charge in [-0.1, -0.05) is 19.1 Å². The van der Waals surface area contributed by atoms with Crippen LogP contribution in [-0.2, 0) is 0 Å². The summed E-state index contributed by atoms with van der Waals surface area (Å²) in [7, 11) is 0. The van der Waals surface area contributed by atoms with Crippen molar-refractivity contribution in [2.45, 2.75) is 13.3 Å². The summed E-state index contributed by atoms with van der Waals surface area (Å²) >= 11 is 0. The van der Waals surface area contributed by atoms with Crippen molar-refractivity contribution in [3.8, 4) is 11.4 Å². The van der Waals surface area contributed by atoms with E-state index < -0.39 is 0 Å². The lowest BCUT2D eigenvalue weighted by molar-refractivity contribution is 0.189. The molecule has 0 bridgehead atoms. The van der Waals surface area contributed by atoms with E-state index in [9.17, 15) is 5.11 Å². The largest absolute Gasteiger partial charge is 0.396 e. The summed E-state index contributed by atoms with van der Waals surface area (Å²) in [6.07, 6.45) is 4.61. The van der Waals surface area contributed by atoms with Crippen molar-refractivity contribution in [2.24, 2.45) is 11.8 Å². The second-order valence-corrected chi connectivity index (χ2v) is 6.92. The minimum atomic E-state index is 0.222. The molecule has 0 amide bonds. The van der Waals surface area contributed by atoms with Crippen LogP contribution in [0.4, 0.5) is 5.82 Å². The van der Waals surface area contributed by atoms with Crippen LogP contribution >= 0.6 is 0 Å². The van der Waals surface area contributed by atoms with Crippen LogP contribution in [0.15, 0.2) is 48.8 Å². The zero-order valence-electron chi connectivity index (χ0n) is 14.3. The summed E-state index contributed by atoms with van der Waals surface area (Å²) in [6, 6.07) is 12.0. The van der Waals surface area contributed by atoms with Gasteiger partial charge in [0.05, 0.1) is 5.52 Å². The molecule has 0 saturated carbocycles. The third-order valence-corrected chi connectivity index (χ3v) is 4.81.